The molecule has 0 N–H and O–H groups in total. The molecule has 11 heteroatoms. The summed E-state index contributed by atoms with van der Waals surface area (Å²) in [6, 6.07) is 8.84. The van der Waals surface area contributed by atoms with Gasteiger partial charge in [0.2, 0.25) is 5.82 Å². The van der Waals surface area contributed by atoms with Gasteiger partial charge in [-0.1, -0.05) is 41.6 Å². The smallest absolute Gasteiger partial charge is 0.371 e. The quantitative estimate of drug-likeness (QED) is 0.0655. The minimum absolute atomic E-state index is 0.111. The second-order valence-corrected chi connectivity index (χ2v) is 6.68. The van der Waals surface area contributed by atoms with Gasteiger partial charge in [-0.05, 0) is 12.5 Å². The van der Waals surface area contributed by atoms with Crippen molar-refractivity contribution in [3.05, 3.63) is 83.2 Å². The molecule has 0 aliphatic rings. The number of carbonyl (C=O) groups is 2. The van der Waals surface area contributed by atoms with Crippen LogP contribution in [0.4, 0.5) is 22.0 Å². The van der Waals surface area contributed by atoms with Crippen molar-refractivity contribution in [3.8, 4) is 0 Å². The van der Waals surface area contributed by atoms with Crippen molar-refractivity contribution in [1.82, 2.24) is 4.90 Å². The van der Waals surface area contributed by atoms with Gasteiger partial charge in [-0.15, -0.1) is 6.58 Å². The molecule has 2 aromatic rings. The Hall–Kier alpha value is -3.76. The molecular weight excluding hydrogens is 451 g/mol. The van der Waals surface area contributed by atoms with Crippen LogP contribution < -0.4 is 0 Å². The zero-order valence-electron chi connectivity index (χ0n) is 17.6. The van der Waals surface area contributed by atoms with E-state index in [9.17, 15) is 31.5 Å². The summed E-state index contributed by atoms with van der Waals surface area (Å²) in [5, 5.41) is 3.53. The number of ether oxygens (including phenoxy) is 1. The van der Waals surface area contributed by atoms with Crippen LogP contribution in [0.2, 0.25) is 0 Å². The Morgan fingerprint density at radius 3 is 2.09 bits per heavy atom. The van der Waals surface area contributed by atoms with E-state index in [0.717, 1.165) is 12.5 Å². The van der Waals surface area contributed by atoms with E-state index in [1.54, 1.807) is 30.3 Å². The summed E-state index contributed by atoms with van der Waals surface area (Å²) < 4.78 is 73.0. The van der Waals surface area contributed by atoms with E-state index in [2.05, 4.69) is 16.6 Å². The maximum atomic E-state index is 13.9. The molecule has 0 unspecified atom stereocenters. The van der Waals surface area contributed by atoms with Crippen molar-refractivity contribution in [2.75, 3.05) is 6.54 Å². The molecule has 33 heavy (non-hydrogen) atoms. The maximum Gasteiger partial charge on any atom is 0.371 e. The number of hydrogen-bond donors (Lipinski definition) is 0. The SMILES string of the molecule is C=CCN(Cc1ccccc1)/C(=N/OC(=O)c1c(F)c(F)c(F)c(F)c1F)[C@@H](C)OC(C)=O. The van der Waals surface area contributed by atoms with Crippen LogP contribution in [0.15, 0.2) is 48.1 Å². The van der Waals surface area contributed by atoms with Crippen LogP contribution in [0.1, 0.15) is 29.8 Å². The standard InChI is InChI=1S/C22H19F5N2O4/c1-4-10-29(11-14-8-6-5-7-9-14)21(12(2)32-13(3)30)28-33-22(31)15-16(23)18(25)20(27)19(26)17(15)24/h4-9,12H,1,10-11H2,2-3H3/b28-21+/t12-/m1/s1. The molecule has 0 aliphatic carbocycles. The minimum atomic E-state index is -2.42. The Kier molecular flexibility index (Phi) is 8.66. The molecule has 0 aliphatic heterocycles. The number of hydrogen-bond acceptors (Lipinski definition) is 5. The summed E-state index contributed by atoms with van der Waals surface area (Å²) in [5.74, 6) is -14.6. The van der Waals surface area contributed by atoms with Crippen LogP contribution in [0.5, 0.6) is 0 Å². The Balaban J connectivity index is 2.45. The van der Waals surface area contributed by atoms with Gasteiger partial charge < -0.3 is 14.5 Å². The molecule has 2 rings (SSSR count). The summed E-state index contributed by atoms with van der Waals surface area (Å²) >= 11 is 0. The van der Waals surface area contributed by atoms with Gasteiger partial charge in [-0.2, -0.15) is 0 Å². The lowest BCUT2D eigenvalue weighted by molar-refractivity contribution is -0.143. The van der Waals surface area contributed by atoms with Crippen LogP contribution in [-0.4, -0.2) is 35.3 Å². The highest BCUT2D eigenvalue weighted by Crippen LogP contribution is 2.24. The van der Waals surface area contributed by atoms with E-state index in [0.29, 0.717) is 0 Å². The fraction of sp³-hybridized carbons (Fsp3) is 0.227. The lowest BCUT2D eigenvalue weighted by Gasteiger charge is -2.27. The number of benzene rings is 2. The molecule has 0 heterocycles. The highest BCUT2D eigenvalue weighted by atomic mass is 19.2. The second kappa shape index (κ2) is 11.2. The monoisotopic (exact) mass is 470 g/mol. The van der Waals surface area contributed by atoms with Gasteiger partial charge in [0.15, 0.2) is 35.2 Å². The molecule has 1 atom stereocenters. The van der Waals surface area contributed by atoms with Gasteiger partial charge in [0.25, 0.3) is 0 Å². The van der Waals surface area contributed by atoms with Gasteiger partial charge in [0.05, 0.1) is 0 Å². The Morgan fingerprint density at radius 2 is 1.58 bits per heavy atom. The molecule has 176 valence electrons. The van der Waals surface area contributed by atoms with Crippen LogP contribution in [0, 0.1) is 29.1 Å². The second-order valence-electron chi connectivity index (χ2n) is 6.68. The largest absolute Gasteiger partial charge is 0.455 e. The molecule has 0 radical (unpaired) electrons. The van der Waals surface area contributed by atoms with Crippen molar-refractivity contribution in [1.29, 1.82) is 0 Å². The lowest BCUT2D eigenvalue weighted by Crippen LogP contribution is -2.40. The number of halogens is 5. The van der Waals surface area contributed by atoms with Gasteiger partial charge in [-0.3, -0.25) is 4.79 Å². The number of carbonyl (C=O) groups excluding carboxylic acids is 2. The molecular formula is C22H19F5N2O4. The highest BCUT2D eigenvalue weighted by Gasteiger charge is 2.31. The van der Waals surface area contributed by atoms with Gasteiger partial charge in [0, 0.05) is 20.0 Å². The molecule has 6 nitrogen and oxygen atoms in total. The molecule has 0 saturated heterocycles. The van der Waals surface area contributed by atoms with Crippen molar-refractivity contribution in [2.24, 2.45) is 5.16 Å². The summed E-state index contributed by atoms with van der Waals surface area (Å²) in [6.45, 7) is 6.38. The van der Waals surface area contributed by atoms with E-state index in [4.69, 9.17) is 4.74 Å². The average molecular weight is 470 g/mol. The predicted octanol–water partition coefficient (Wildman–Crippen LogP) is 4.49. The third-order valence-electron chi connectivity index (χ3n) is 4.23. The number of nitrogens with zero attached hydrogens (tertiary/aromatic N) is 2. The third-order valence-corrected chi connectivity index (χ3v) is 4.23. The molecule has 0 aromatic heterocycles. The van der Waals surface area contributed by atoms with Crippen molar-refractivity contribution in [2.45, 2.75) is 26.5 Å². The fourth-order valence-corrected chi connectivity index (χ4v) is 2.81. The van der Waals surface area contributed by atoms with Crippen molar-refractivity contribution in [3.63, 3.8) is 0 Å². The number of rotatable bonds is 8. The maximum absolute atomic E-state index is 13.9. The topological polar surface area (TPSA) is 68.2 Å². The lowest BCUT2D eigenvalue weighted by atomic mass is 10.1. The molecule has 0 saturated carbocycles. The number of amidine groups is 1. The summed E-state index contributed by atoms with van der Waals surface area (Å²) in [5.41, 5.74) is -1.04. The van der Waals surface area contributed by atoms with Gasteiger partial charge >= 0.3 is 11.9 Å². The third kappa shape index (κ3) is 6.15. The molecule has 2 aromatic carbocycles. The summed E-state index contributed by atoms with van der Waals surface area (Å²) in [7, 11) is 0. The van der Waals surface area contributed by atoms with Crippen LogP contribution in [0.3, 0.4) is 0 Å². The first-order chi connectivity index (χ1) is 15.6. The zero-order valence-corrected chi connectivity index (χ0v) is 17.6. The van der Waals surface area contributed by atoms with Crippen LogP contribution in [0.25, 0.3) is 0 Å². The van der Waals surface area contributed by atoms with E-state index in [1.807, 2.05) is 0 Å². The summed E-state index contributed by atoms with van der Waals surface area (Å²) in [4.78, 5) is 29.6. The first-order valence-electron chi connectivity index (χ1n) is 9.46. The fourth-order valence-electron chi connectivity index (χ4n) is 2.81. The Labute approximate surface area is 185 Å². The minimum Gasteiger partial charge on any atom is -0.455 e. The van der Waals surface area contributed by atoms with Crippen molar-refractivity contribution >= 4 is 17.8 Å². The van der Waals surface area contributed by atoms with E-state index < -0.39 is 52.7 Å². The molecule has 0 amide bonds. The molecule has 0 fully saturated rings. The summed E-state index contributed by atoms with van der Waals surface area (Å²) in [6.07, 6.45) is 0.348. The first-order valence-corrected chi connectivity index (χ1v) is 9.46. The Bertz CT molecular complexity index is 1050. The normalized spacial score (nSPS) is 12.2. The van der Waals surface area contributed by atoms with Crippen LogP contribution in [-0.2, 0) is 20.9 Å². The molecule has 0 bridgehead atoms. The average Bonchev–Trinajstić information content (AvgIpc) is 2.77. The number of esters is 1. The zero-order chi connectivity index (χ0) is 24.7. The predicted molar refractivity (Wildman–Crippen MR) is 107 cm³/mol. The highest BCUT2D eigenvalue weighted by molar-refractivity contribution is 5.92. The Morgan fingerprint density at radius 1 is 1.03 bits per heavy atom. The van der Waals surface area contributed by atoms with Crippen molar-refractivity contribution < 1.29 is 41.1 Å². The van der Waals surface area contributed by atoms with E-state index >= 15 is 0 Å². The van der Waals surface area contributed by atoms with E-state index in [1.165, 1.54) is 17.9 Å². The first kappa shape index (κ1) is 25.5. The number of oxime groups is 1. The van der Waals surface area contributed by atoms with Crippen LogP contribution >= 0.6 is 0 Å². The van der Waals surface area contributed by atoms with Gasteiger partial charge in [-0.25, -0.2) is 26.7 Å². The molecule has 0 spiro atoms. The van der Waals surface area contributed by atoms with Gasteiger partial charge in [0.1, 0.15) is 5.56 Å². The van der Waals surface area contributed by atoms with E-state index in [-0.39, 0.29) is 18.9 Å².